The Bertz CT molecular complexity index is 864. The number of carboxylic acid groups (broad SMARTS) is 1. The molecule has 0 saturated carbocycles. The fourth-order valence-electron chi connectivity index (χ4n) is 3.13. The molecule has 1 heterocycles. The van der Waals surface area contributed by atoms with Gasteiger partial charge in [-0.2, -0.15) is 0 Å². The summed E-state index contributed by atoms with van der Waals surface area (Å²) in [6.45, 7) is 2.05. The minimum absolute atomic E-state index is 0.0254. The molecular weight excluding hydrogens is 344 g/mol. The van der Waals surface area contributed by atoms with Crippen molar-refractivity contribution in [2.75, 3.05) is 11.9 Å². The maximum Gasteiger partial charge on any atom is 0.308 e. The number of rotatable bonds is 6. The van der Waals surface area contributed by atoms with Crippen LogP contribution >= 0.6 is 0 Å². The minimum atomic E-state index is -0.936. The summed E-state index contributed by atoms with van der Waals surface area (Å²) in [6, 6.07) is 14.7. The van der Waals surface area contributed by atoms with Gasteiger partial charge in [0.2, 0.25) is 5.91 Å². The number of hydrogen-bond donors (Lipinski definition) is 2. The first-order valence-corrected chi connectivity index (χ1v) is 8.93. The highest BCUT2D eigenvalue weighted by molar-refractivity contribution is 5.98. The second kappa shape index (κ2) is 8.03. The van der Waals surface area contributed by atoms with Gasteiger partial charge < -0.3 is 15.3 Å². The molecular formula is C21H22N2O4. The van der Waals surface area contributed by atoms with Crippen molar-refractivity contribution in [3.8, 4) is 0 Å². The van der Waals surface area contributed by atoms with Gasteiger partial charge in [0, 0.05) is 30.8 Å². The summed E-state index contributed by atoms with van der Waals surface area (Å²) in [7, 11) is 0. The molecule has 2 aromatic rings. The molecule has 0 radical (unpaired) electrons. The standard InChI is InChI=1S/C21H22N2O4/c1-14(21(26)27)12-23(13-15-5-3-2-4-6-15)20(25)17-7-9-18-16(11-17)8-10-19(24)22-18/h2-7,9,11,14H,8,10,12-13H2,1H3,(H,22,24)(H,26,27)/t14-/m1/s1. The van der Waals surface area contributed by atoms with E-state index in [0.717, 1.165) is 16.8 Å². The van der Waals surface area contributed by atoms with Gasteiger partial charge >= 0.3 is 5.97 Å². The molecule has 0 saturated heterocycles. The summed E-state index contributed by atoms with van der Waals surface area (Å²) in [5.41, 5.74) is 3.09. The minimum Gasteiger partial charge on any atom is -0.481 e. The van der Waals surface area contributed by atoms with Gasteiger partial charge in [0.25, 0.3) is 5.91 Å². The maximum absolute atomic E-state index is 13.1. The summed E-state index contributed by atoms with van der Waals surface area (Å²) in [5, 5.41) is 12.1. The van der Waals surface area contributed by atoms with Crippen molar-refractivity contribution in [3.05, 3.63) is 65.2 Å². The lowest BCUT2D eigenvalue weighted by Crippen LogP contribution is -2.36. The Kier molecular flexibility index (Phi) is 5.54. The molecule has 0 aromatic heterocycles. The second-order valence-electron chi connectivity index (χ2n) is 6.83. The van der Waals surface area contributed by atoms with Gasteiger partial charge in [-0.3, -0.25) is 14.4 Å². The van der Waals surface area contributed by atoms with Gasteiger partial charge in [-0.1, -0.05) is 37.3 Å². The van der Waals surface area contributed by atoms with Crippen LogP contribution in [0.3, 0.4) is 0 Å². The molecule has 2 N–H and O–H groups in total. The van der Waals surface area contributed by atoms with Gasteiger partial charge in [-0.15, -0.1) is 0 Å². The molecule has 0 unspecified atom stereocenters. The largest absolute Gasteiger partial charge is 0.481 e. The Balaban J connectivity index is 1.85. The van der Waals surface area contributed by atoms with E-state index in [1.54, 1.807) is 30.0 Å². The monoisotopic (exact) mass is 366 g/mol. The lowest BCUT2D eigenvalue weighted by Gasteiger charge is -2.26. The third-order valence-electron chi connectivity index (χ3n) is 4.67. The smallest absolute Gasteiger partial charge is 0.308 e. The van der Waals surface area contributed by atoms with Crippen LogP contribution in [0.15, 0.2) is 48.5 Å². The summed E-state index contributed by atoms with van der Waals surface area (Å²) in [6.07, 6.45) is 0.987. The third kappa shape index (κ3) is 4.53. The first kappa shape index (κ1) is 18.6. The fourth-order valence-corrected chi connectivity index (χ4v) is 3.13. The normalized spacial score (nSPS) is 14.0. The second-order valence-corrected chi connectivity index (χ2v) is 6.83. The first-order valence-electron chi connectivity index (χ1n) is 8.93. The molecule has 2 amide bonds. The Morgan fingerprint density at radius 2 is 1.89 bits per heavy atom. The zero-order valence-electron chi connectivity index (χ0n) is 15.1. The number of aryl methyl sites for hydroxylation is 1. The van der Waals surface area contributed by atoms with Crippen LogP contribution in [-0.2, 0) is 22.6 Å². The molecule has 0 aliphatic carbocycles. The van der Waals surface area contributed by atoms with E-state index in [4.69, 9.17) is 0 Å². The van der Waals surface area contributed by atoms with E-state index in [1.807, 2.05) is 30.3 Å². The number of benzene rings is 2. The number of nitrogens with one attached hydrogen (secondary N) is 1. The van der Waals surface area contributed by atoms with Crippen molar-refractivity contribution < 1.29 is 19.5 Å². The van der Waals surface area contributed by atoms with Crippen LogP contribution in [0, 0.1) is 5.92 Å². The Morgan fingerprint density at radius 3 is 2.59 bits per heavy atom. The van der Waals surface area contributed by atoms with Crippen molar-refractivity contribution in [2.24, 2.45) is 5.92 Å². The van der Waals surface area contributed by atoms with Crippen LogP contribution in [0.2, 0.25) is 0 Å². The van der Waals surface area contributed by atoms with E-state index >= 15 is 0 Å². The van der Waals surface area contributed by atoms with Crippen LogP contribution in [0.1, 0.15) is 34.8 Å². The Hall–Kier alpha value is -3.15. The van der Waals surface area contributed by atoms with Crippen molar-refractivity contribution in [2.45, 2.75) is 26.3 Å². The molecule has 0 fully saturated rings. The highest BCUT2D eigenvalue weighted by atomic mass is 16.4. The van der Waals surface area contributed by atoms with E-state index < -0.39 is 11.9 Å². The molecule has 27 heavy (non-hydrogen) atoms. The van der Waals surface area contributed by atoms with Gasteiger partial charge in [0.1, 0.15) is 0 Å². The van der Waals surface area contributed by atoms with Crippen molar-refractivity contribution in [1.29, 1.82) is 0 Å². The number of fused-ring (bicyclic) bond motifs is 1. The number of amides is 2. The van der Waals surface area contributed by atoms with E-state index in [9.17, 15) is 19.5 Å². The molecule has 0 bridgehead atoms. The SMILES string of the molecule is C[C@H](CN(Cc1ccccc1)C(=O)c1ccc2c(c1)CCC(=O)N2)C(=O)O. The molecule has 2 aromatic carbocycles. The zero-order valence-corrected chi connectivity index (χ0v) is 15.1. The number of carbonyl (C=O) groups excluding carboxylic acids is 2. The lowest BCUT2D eigenvalue weighted by molar-refractivity contribution is -0.141. The third-order valence-corrected chi connectivity index (χ3v) is 4.67. The highest BCUT2D eigenvalue weighted by Gasteiger charge is 2.23. The van der Waals surface area contributed by atoms with E-state index in [0.29, 0.717) is 24.9 Å². The van der Waals surface area contributed by atoms with Crippen molar-refractivity contribution in [3.63, 3.8) is 0 Å². The molecule has 1 atom stereocenters. The lowest BCUT2D eigenvalue weighted by atomic mass is 9.99. The van der Waals surface area contributed by atoms with Gasteiger partial charge in [-0.25, -0.2) is 0 Å². The molecule has 140 valence electrons. The first-order chi connectivity index (χ1) is 12.9. The highest BCUT2D eigenvalue weighted by Crippen LogP contribution is 2.24. The van der Waals surface area contributed by atoms with E-state index in [1.165, 1.54) is 0 Å². The summed E-state index contributed by atoms with van der Waals surface area (Å²) >= 11 is 0. The van der Waals surface area contributed by atoms with Crippen LogP contribution in [0.25, 0.3) is 0 Å². The molecule has 0 spiro atoms. The van der Waals surface area contributed by atoms with Crippen LogP contribution in [-0.4, -0.2) is 34.3 Å². The Morgan fingerprint density at radius 1 is 1.15 bits per heavy atom. The number of hydrogen-bond acceptors (Lipinski definition) is 3. The molecule has 3 rings (SSSR count). The maximum atomic E-state index is 13.1. The predicted molar refractivity (Wildman–Crippen MR) is 101 cm³/mol. The average molecular weight is 366 g/mol. The average Bonchev–Trinajstić information content (AvgIpc) is 2.67. The zero-order chi connectivity index (χ0) is 19.4. The van der Waals surface area contributed by atoms with Crippen molar-refractivity contribution >= 4 is 23.5 Å². The number of carboxylic acids is 1. The molecule has 6 heteroatoms. The Labute approximate surface area is 157 Å². The van der Waals surface area contributed by atoms with Gasteiger partial charge in [0.05, 0.1) is 5.92 Å². The summed E-state index contributed by atoms with van der Waals surface area (Å²) in [4.78, 5) is 37.5. The van der Waals surface area contributed by atoms with Gasteiger partial charge in [-0.05, 0) is 35.7 Å². The summed E-state index contributed by atoms with van der Waals surface area (Å²) in [5.74, 6) is -1.85. The number of anilines is 1. The number of carbonyl (C=O) groups is 3. The predicted octanol–water partition coefficient (Wildman–Crippen LogP) is 2.93. The van der Waals surface area contributed by atoms with Gasteiger partial charge in [0.15, 0.2) is 0 Å². The van der Waals surface area contributed by atoms with Crippen LogP contribution in [0.5, 0.6) is 0 Å². The quantitative estimate of drug-likeness (QED) is 0.823. The number of nitrogens with zero attached hydrogens (tertiary/aromatic N) is 1. The fraction of sp³-hybridized carbons (Fsp3) is 0.286. The number of aliphatic carboxylic acids is 1. The van der Waals surface area contributed by atoms with Crippen molar-refractivity contribution in [1.82, 2.24) is 4.90 Å². The topological polar surface area (TPSA) is 86.7 Å². The molecule has 1 aliphatic heterocycles. The van der Waals surface area contributed by atoms with Crippen LogP contribution < -0.4 is 5.32 Å². The van der Waals surface area contributed by atoms with Crippen LogP contribution in [0.4, 0.5) is 5.69 Å². The van der Waals surface area contributed by atoms with E-state index in [2.05, 4.69) is 5.32 Å². The van der Waals surface area contributed by atoms with E-state index in [-0.39, 0.29) is 18.4 Å². The summed E-state index contributed by atoms with van der Waals surface area (Å²) < 4.78 is 0. The molecule has 1 aliphatic rings. The molecule has 6 nitrogen and oxygen atoms in total.